The summed E-state index contributed by atoms with van der Waals surface area (Å²) in [5.41, 5.74) is 31.1. The van der Waals surface area contributed by atoms with Crippen LogP contribution in [0.25, 0.3) is 64.7 Å². The average Bonchev–Trinajstić information content (AvgIpc) is 3.13. The molecule has 0 bridgehead atoms. The molecule has 48 heavy (non-hydrogen) atoms. The van der Waals surface area contributed by atoms with Gasteiger partial charge >= 0.3 is 17.9 Å². The van der Waals surface area contributed by atoms with Crippen molar-refractivity contribution >= 4 is 17.9 Å². The third-order valence-electron chi connectivity index (χ3n) is 6.76. The minimum absolute atomic E-state index is 0.0332. The highest BCUT2D eigenvalue weighted by Crippen LogP contribution is 2.33. The van der Waals surface area contributed by atoms with Crippen molar-refractivity contribution < 1.29 is 28.6 Å². The third kappa shape index (κ3) is 9.61. The highest BCUT2D eigenvalue weighted by atomic mass is 16.5. The highest BCUT2D eigenvalue weighted by molar-refractivity contribution is 5.92. The lowest BCUT2D eigenvalue weighted by molar-refractivity contribution is 0.0508. The molecule has 0 aliphatic rings. The van der Waals surface area contributed by atoms with Crippen molar-refractivity contribution in [1.82, 2.24) is 0 Å². The van der Waals surface area contributed by atoms with E-state index in [1.165, 1.54) is 0 Å². The molecule has 15 nitrogen and oxygen atoms in total. The first-order chi connectivity index (χ1) is 23.4. The topological polar surface area (TPSA) is 225 Å². The molecular weight excluding hydrogens is 618 g/mol. The van der Waals surface area contributed by atoms with E-state index >= 15 is 0 Å². The van der Waals surface area contributed by atoms with Gasteiger partial charge in [-0.1, -0.05) is 51.7 Å². The van der Waals surface area contributed by atoms with Crippen molar-refractivity contribution in [2.75, 3.05) is 39.5 Å². The van der Waals surface area contributed by atoms with Gasteiger partial charge in [-0.2, -0.15) is 0 Å². The molecule has 0 radical (unpaired) electrons. The summed E-state index contributed by atoms with van der Waals surface area (Å²) in [6, 6.07) is 26.5. The van der Waals surface area contributed by atoms with Crippen molar-refractivity contribution in [2.24, 2.45) is 15.3 Å². The molecule has 0 aliphatic heterocycles. The molecule has 0 saturated heterocycles. The van der Waals surface area contributed by atoms with Crippen LogP contribution in [0.3, 0.4) is 0 Å². The standard InChI is InChI=1S/C33H27N9O6/c34-40-37-13-16-46-31(43)25-7-1-22(2-8-25)28-19-29(23-3-9-26(10-4-23)32(44)47-17-14-38-41-35)21-30(20-28)24-5-11-27(12-6-24)33(45)48-18-15-39-42-36/h1-12,19-21H,13-18H2. The van der Waals surface area contributed by atoms with Crippen molar-refractivity contribution in [3.05, 3.63) is 139 Å². The molecule has 0 fully saturated rings. The van der Waals surface area contributed by atoms with Crippen molar-refractivity contribution in [3.8, 4) is 33.4 Å². The summed E-state index contributed by atoms with van der Waals surface area (Å²) in [7, 11) is 0. The number of nitrogens with zero attached hydrogens (tertiary/aromatic N) is 9. The normalized spacial score (nSPS) is 10.0. The number of benzene rings is 4. The SMILES string of the molecule is [N-]=[N+]=NCCOC(=O)c1ccc(-c2cc(-c3ccc(C(=O)OCCN=[N+]=[N-])cc3)cc(-c3ccc(C(=O)OCCN=[N+]=[N-])cc3)c2)cc1. The van der Waals surface area contributed by atoms with Gasteiger partial charge < -0.3 is 14.2 Å². The summed E-state index contributed by atoms with van der Waals surface area (Å²) in [5, 5.41) is 10.0. The van der Waals surface area contributed by atoms with Gasteiger partial charge in [0.2, 0.25) is 0 Å². The smallest absolute Gasteiger partial charge is 0.338 e. The summed E-state index contributed by atoms with van der Waals surface area (Å²) in [4.78, 5) is 45.1. The molecule has 4 aromatic carbocycles. The van der Waals surface area contributed by atoms with E-state index in [2.05, 4.69) is 30.1 Å². The molecule has 0 atom stereocenters. The molecule has 0 N–H and O–H groups in total. The quantitative estimate of drug-likeness (QED) is 0.0309. The van der Waals surface area contributed by atoms with E-state index in [-0.39, 0.29) is 39.5 Å². The Labute approximate surface area is 273 Å². The maximum Gasteiger partial charge on any atom is 0.338 e. The Hall–Kier alpha value is -6.78. The molecule has 240 valence electrons. The van der Waals surface area contributed by atoms with Crippen LogP contribution in [0.2, 0.25) is 0 Å². The van der Waals surface area contributed by atoms with Gasteiger partial charge in [-0.05, 0) is 105 Å². The van der Waals surface area contributed by atoms with Crippen LogP contribution >= 0.6 is 0 Å². The fourth-order valence-corrected chi connectivity index (χ4v) is 4.45. The van der Waals surface area contributed by atoms with Crippen molar-refractivity contribution in [3.63, 3.8) is 0 Å². The molecule has 0 unspecified atom stereocenters. The maximum absolute atomic E-state index is 12.4. The largest absolute Gasteiger partial charge is 0.462 e. The van der Waals surface area contributed by atoms with E-state index in [1.54, 1.807) is 72.8 Å². The molecule has 15 heteroatoms. The summed E-state index contributed by atoms with van der Waals surface area (Å²) in [6.45, 7) is 0.0108. The van der Waals surface area contributed by atoms with E-state index < -0.39 is 17.9 Å². The van der Waals surface area contributed by atoms with Crippen LogP contribution < -0.4 is 0 Å². The Bertz CT molecular complexity index is 1680. The summed E-state index contributed by atoms with van der Waals surface area (Å²) in [6.07, 6.45) is 0. The Balaban J connectivity index is 1.63. The zero-order valence-electron chi connectivity index (χ0n) is 25.4. The van der Waals surface area contributed by atoms with Crippen LogP contribution in [0.5, 0.6) is 0 Å². The van der Waals surface area contributed by atoms with Gasteiger partial charge in [0.1, 0.15) is 0 Å². The first-order valence-electron chi connectivity index (χ1n) is 14.4. The molecule has 0 saturated carbocycles. The fraction of sp³-hybridized carbons (Fsp3) is 0.182. The zero-order chi connectivity index (χ0) is 34.1. The zero-order valence-corrected chi connectivity index (χ0v) is 25.4. The van der Waals surface area contributed by atoms with Crippen LogP contribution in [-0.2, 0) is 14.2 Å². The summed E-state index contributed by atoms with van der Waals surface area (Å²) >= 11 is 0. The molecule has 0 spiro atoms. The van der Waals surface area contributed by atoms with Crippen molar-refractivity contribution in [2.45, 2.75) is 0 Å². The number of hydrogen-bond acceptors (Lipinski definition) is 9. The van der Waals surface area contributed by atoms with Crippen LogP contribution in [0.1, 0.15) is 31.1 Å². The molecule has 0 aliphatic carbocycles. The van der Waals surface area contributed by atoms with Gasteiger partial charge in [-0.15, -0.1) is 0 Å². The monoisotopic (exact) mass is 645 g/mol. The summed E-state index contributed by atoms with van der Waals surface area (Å²) in [5.74, 6) is -1.63. The molecule has 4 aromatic rings. The first-order valence-corrected chi connectivity index (χ1v) is 14.4. The Morgan fingerprint density at radius 2 is 0.688 bits per heavy atom. The van der Waals surface area contributed by atoms with E-state index in [9.17, 15) is 14.4 Å². The van der Waals surface area contributed by atoms with Gasteiger partial charge in [0, 0.05) is 14.7 Å². The number of esters is 3. The number of azide groups is 3. The number of hydrogen-bond donors (Lipinski definition) is 0. The minimum Gasteiger partial charge on any atom is -0.462 e. The van der Waals surface area contributed by atoms with Crippen LogP contribution in [0.15, 0.2) is 106 Å². The predicted molar refractivity (Wildman–Crippen MR) is 176 cm³/mol. The van der Waals surface area contributed by atoms with Gasteiger partial charge in [0.15, 0.2) is 0 Å². The number of ether oxygens (including phenoxy) is 3. The second kappa shape index (κ2) is 17.6. The van der Waals surface area contributed by atoms with E-state index in [0.29, 0.717) is 16.7 Å². The second-order valence-electron chi connectivity index (χ2n) is 9.80. The molecule has 4 rings (SSSR count). The second-order valence-corrected chi connectivity index (χ2v) is 9.80. The van der Waals surface area contributed by atoms with E-state index in [1.807, 2.05) is 18.2 Å². The Morgan fingerprint density at radius 1 is 0.438 bits per heavy atom. The maximum atomic E-state index is 12.4. The number of carbonyl (C=O) groups is 3. The molecule has 0 aromatic heterocycles. The van der Waals surface area contributed by atoms with E-state index in [4.69, 9.17) is 30.8 Å². The van der Waals surface area contributed by atoms with Crippen LogP contribution in [0.4, 0.5) is 0 Å². The lowest BCUT2D eigenvalue weighted by Gasteiger charge is -2.13. The van der Waals surface area contributed by atoms with Gasteiger partial charge in [0.05, 0.1) is 56.1 Å². The van der Waals surface area contributed by atoms with Gasteiger partial charge in [-0.3, -0.25) is 0 Å². The first kappa shape index (κ1) is 34.1. The van der Waals surface area contributed by atoms with Crippen LogP contribution in [0, 0.1) is 0 Å². The molecule has 0 amide bonds. The van der Waals surface area contributed by atoms with Gasteiger partial charge in [0.25, 0.3) is 0 Å². The van der Waals surface area contributed by atoms with Crippen molar-refractivity contribution in [1.29, 1.82) is 0 Å². The number of rotatable bonds is 15. The molecule has 0 heterocycles. The lowest BCUT2D eigenvalue weighted by atomic mass is 9.92. The summed E-state index contributed by atoms with van der Waals surface area (Å²) < 4.78 is 15.4. The van der Waals surface area contributed by atoms with Gasteiger partial charge in [-0.25, -0.2) is 14.4 Å². The highest BCUT2D eigenvalue weighted by Gasteiger charge is 2.13. The van der Waals surface area contributed by atoms with E-state index in [0.717, 1.165) is 33.4 Å². The average molecular weight is 646 g/mol. The Kier molecular flexibility index (Phi) is 12.5. The minimum atomic E-state index is -0.544. The lowest BCUT2D eigenvalue weighted by Crippen LogP contribution is -2.08. The number of carbonyl (C=O) groups excluding carboxylic acids is 3. The fourth-order valence-electron chi connectivity index (χ4n) is 4.45. The Morgan fingerprint density at radius 3 is 0.917 bits per heavy atom. The predicted octanol–water partition coefficient (Wildman–Crippen LogP) is 8.09. The third-order valence-corrected chi connectivity index (χ3v) is 6.76. The van der Waals surface area contributed by atoms with Crippen LogP contribution in [-0.4, -0.2) is 57.4 Å². The molecular formula is C33H27N9O6.